The molecule has 1 saturated carbocycles. The van der Waals surface area contributed by atoms with Gasteiger partial charge in [-0.25, -0.2) is 0 Å². The number of nitrogens with zero attached hydrogens (tertiary/aromatic N) is 4. The van der Waals surface area contributed by atoms with Gasteiger partial charge in [0, 0.05) is 24.6 Å². The van der Waals surface area contributed by atoms with Crippen molar-refractivity contribution in [3.8, 4) is 0 Å². The van der Waals surface area contributed by atoms with Gasteiger partial charge in [0.2, 0.25) is 4.96 Å². The second kappa shape index (κ2) is 4.86. The van der Waals surface area contributed by atoms with Crippen molar-refractivity contribution in [1.29, 1.82) is 0 Å². The summed E-state index contributed by atoms with van der Waals surface area (Å²) in [5.74, 6) is 1.63. The van der Waals surface area contributed by atoms with E-state index < -0.39 is 0 Å². The first-order chi connectivity index (χ1) is 9.90. The second-order valence-electron chi connectivity index (χ2n) is 5.07. The van der Waals surface area contributed by atoms with Crippen LogP contribution in [0.4, 0.5) is 5.69 Å². The molecule has 1 N–H and O–H groups in total. The van der Waals surface area contributed by atoms with Crippen LogP contribution in [0.3, 0.4) is 0 Å². The molecule has 5 nitrogen and oxygen atoms in total. The molecule has 0 spiro atoms. The molecular formula is C14H15N5S. The molecule has 1 fully saturated rings. The van der Waals surface area contributed by atoms with Gasteiger partial charge in [-0.05, 0) is 25.0 Å². The molecule has 0 bridgehead atoms. The summed E-state index contributed by atoms with van der Waals surface area (Å²) >= 11 is 1.64. The number of anilines is 1. The van der Waals surface area contributed by atoms with Crippen LogP contribution in [0.2, 0.25) is 0 Å². The van der Waals surface area contributed by atoms with E-state index in [1.54, 1.807) is 11.3 Å². The minimum Gasteiger partial charge on any atom is -0.385 e. The van der Waals surface area contributed by atoms with Gasteiger partial charge >= 0.3 is 0 Å². The summed E-state index contributed by atoms with van der Waals surface area (Å²) in [6.45, 7) is 0.882. The Hall–Kier alpha value is -1.95. The minimum absolute atomic E-state index is 0.586. The first-order valence-electron chi connectivity index (χ1n) is 6.90. The van der Waals surface area contributed by atoms with Crippen molar-refractivity contribution in [3.63, 3.8) is 0 Å². The van der Waals surface area contributed by atoms with Gasteiger partial charge in [0.25, 0.3) is 0 Å². The molecule has 6 heteroatoms. The molecular weight excluding hydrogens is 270 g/mol. The van der Waals surface area contributed by atoms with Crippen molar-refractivity contribution in [3.05, 3.63) is 41.2 Å². The third kappa shape index (κ3) is 2.27. The van der Waals surface area contributed by atoms with Crippen molar-refractivity contribution in [2.45, 2.75) is 25.2 Å². The Morgan fingerprint density at radius 2 is 2.05 bits per heavy atom. The van der Waals surface area contributed by atoms with E-state index in [0.717, 1.165) is 34.4 Å². The van der Waals surface area contributed by atoms with Gasteiger partial charge in [-0.2, -0.15) is 9.61 Å². The molecule has 1 aromatic carbocycles. The summed E-state index contributed by atoms with van der Waals surface area (Å²) in [5.41, 5.74) is 1.15. The second-order valence-corrected chi connectivity index (χ2v) is 6.11. The zero-order valence-corrected chi connectivity index (χ0v) is 11.8. The molecule has 0 saturated heterocycles. The maximum atomic E-state index is 4.64. The fourth-order valence-electron chi connectivity index (χ4n) is 2.24. The first-order valence-corrected chi connectivity index (χ1v) is 7.72. The van der Waals surface area contributed by atoms with Gasteiger partial charge in [0.05, 0.1) is 0 Å². The lowest BCUT2D eigenvalue weighted by Gasteiger charge is -2.03. The Kier molecular flexibility index (Phi) is 2.88. The summed E-state index contributed by atoms with van der Waals surface area (Å²) in [4.78, 5) is 0.918. The van der Waals surface area contributed by atoms with Gasteiger partial charge < -0.3 is 5.32 Å². The van der Waals surface area contributed by atoms with Gasteiger partial charge in [0.15, 0.2) is 5.82 Å². The van der Waals surface area contributed by atoms with Crippen LogP contribution < -0.4 is 5.32 Å². The number of para-hydroxylation sites is 1. The predicted molar refractivity (Wildman–Crippen MR) is 79.3 cm³/mol. The molecule has 3 aromatic rings. The highest BCUT2D eigenvalue weighted by atomic mass is 32.1. The van der Waals surface area contributed by atoms with Crippen molar-refractivity contribution in [2.24, 2.45) is 0 Å². The van der Waals surface area contributed by atoms with Gasteiger partial charge in [-0.1, -0.05) is 29.5 Å². The lowest BCUT2D eigenvalue weighted by atomic mass is 10.3. The van der Waals surface area contributed by atoms with Crippen LogP contribution in [0.1, 0.15) is 29.6 Å². The molecule has 1 aliphatic rings. The van der Waals surface area contributed by atoms with E-state index in [1.165, 1.54) is 12.8 Å². The van der Waals surface area contributed by atoms with Crippen LogP contribution in [0, 0.1) is 0 Å². The molecule has 4 rings (SSSR count). The fourth-order valence-corrected chi connectivity index (χ4v) is 3.08. The number of hydrogen-bond acceptors (Lipinski definition) is 5. The van der Waals surface area contributed by atoms with E-state index in [1.807, 2.05) is 22.7 Å². The van der Waals surface area contributed by atoms with E-state index >= 15 is 0 Å². The number of nitrogens with one attached hydrogen (secondary N) is 1. The summed E-state index contributed by atoms with van der Waals surface area (Å²) in [5, 5.41) is 17.6. The standard InChI is InChI=1S/C14H15N5S/c1-2-4-11(5-3-1)15-9-8-12-18-19-13(10-6-7-10)16-17-14(19)20-12/h1-5,10,15H,6-9H2. The van der Waals surface area contributed by atoms with Gasteiger partial charge in [-0.3, -0.25) is 0 Å². The maximum Gasteiger partial charge on any atom is 0.234 e. The van der Waals surface area contributed by atoms with Crippen molar-refractivity contribution in [2.75, 3.05) is 11.9 Å². The summed E-state index contributed by atoms with van der Waals surface area (Å²) in [6, 6.07) is 10.2. The van der Waals surface area contributed by atoms with Crippen molar-refractivity contribution in [1.82, 2.24) is 19.8 Å². The van der Waals surface area contributed by atoms with Crippen LogP contribution in [0.15, 0.2) is 30.3 Å². The zero-order chi connectivity index (χ0) is 13.4. The number of aromatic nitrogens is 4. The molecule has 0 atom stereocenters. The minimum atomic E-state index is 0.586. The third-order valence-corrected chi connectivity index (χ3v) is 4.40. The number of hydrogen-bond donors (Lipinski definition) is 1. The zero-order valence-electron chi connectivity index (χ0n) is 11.0. The lowest BCUT2D eigenvalue weighted by molar-refractivity contribution is 0.800. The molecule has 20 heavy (non-hydrogen) atoms. The Labute approximate surface area is 120 Å². The highest BCUT2D eigenvalue weighted by Crippen LogP contribution is 2.39. The number of benzene rings is 1. The van der Waals surface area contributed by atoms with Crippen LogP contribution in [0.25, 0.3) is 4.96 Å². The molecule has 2 heterocycles. The third-order valence-electron chi connectivity index (χ3n) is 3.44. The summed E-state index contributed by atoms with van der Waals surface area (Å²) < 4.78 is 1.93. The highest BCUT2D eigenvalue weighted by molar-refractivity contribution is 7.16. The predicted octanol–water partition coefficient (Wildman–Crippen LogP) is 2.72. The number of fused-ring (bicyclic) bond motifs is 1. The van der Waals surface area contributed by atoms with Crippen LogP contribution >= 0.6 is 11.3 Å². The van der Waals surface area contributed by atoms with Gasteiger partial charge in [0.1, 0.15) is 5.01 Å². The monoisotopic (exact) mass is 285 g/mol. The molecule has 2 aromatic heterocycles. The van der Waals surface area contributed by atoms with Crippen molar-refractivity contribution >= 4 is 22.0 Å². The van der Waals surface area contributed by atoms with Crippen LogP contribution in [-0.2, 0) is 6.42 Å². The average Bonchev–Trinajstić information content (AvgIpc) is 3.11. The normalized spacial score (nSPS) is 14.8. The van der Waals surface area contributed by atoms with E-state index in [2.05, 4.69) is 32.7 Å². The molecule has 0 amide bonds. The maximum absolute atomic E-state index is 4.64. The molecule has 1 aliphatic carbocycles. The first kappa shape index (κ1) is 11.8. The fraction of sp³-hybridized carbons (Fsp3) is 0.357. The highest BCUT2D eigenvalue weighted by Gasteiger charge is 2.29. The van der Waals surface area contributed by atoms with Gasteiger partial charge in [-0.15, -0.1) is 10.2 Å². The average molecular weight is 285 g/mol. The van der Waals surface area contributed by atoms with E-state index in [0.29, 0.717) is 5.92 Å². The lowest BCUT2D eigenvalue weighted by Crippen LogP contribution is -2.05. The molecule has 102 valence electrons. The molecule has 0 aliphatic heterocycles. The number of rotatable bonds is 5. The van der Waals surface area contributed by atoms with E-state index in [-0.39, 0.29) is 0 Å². The van der Waals surface area contributed by atoms with Crippen molar-refractivity contribution < 1.29 is 0 Å². The SMILES string of the molecule is c1ccc(NCCc2nn3c(C4CC4)nnc3s2)cc1. The molecule has 0 unspecified atom stereocenters. The smallest absolute Gasteiger partial charge is 0.234 e. The quantitative estimate of drug-likeness (QED) is 0.783. The summed E-state index contributed by atoms with van der Waals surface area (Å²) in [7, 11) is 0. The summed E-state index contributed by atoms with van der Waals surface area (Å²) in [6.07, 6.45) is 3.36. The Morgan fingerprint density at radius 3 is 2.85 bits per heavy atom. The topological polar surface area (TPSA) is 55.1 Å². The van der Waals surface area contributed by atoms with Crippen LogP contribution in [0.5, 0.6) is 0 Å². The van der Waals surface area contributed by atoms with E-state index in [9.17, 15) is 0 Å². The Balaban J connectivity index is 1.44. The largest absolute Gasteiger partial charge is 0.385 e. The Morgan fingerprint density at radius 1 is 1.20 bits per heavy atom. The molecule has 0 radical (unpaired) electrons. The van der Waals surface area contributed by atoms with Crippen LogP contribution in [-0.4, -0.2) is 26.4 Å². The Bertz CT molecular complexity index is 714. The van der Waals surface area contributed by atoms with E-state index in [4.69, 9.17) is 0 Å².